The predicted octanol–water partition coefficient (Wildman–Crippen LogP) is 3.63. The van der Waals surface area contributed by atoms with E-state index in [2.05, 4.69) is 12.1 Å². The number of nitrogens with zero attached hydrogens (tertiary/aromatic N) is 2. The van der Waals surface area contributed by atoms with E-state index in [9.17, 15) is 0 Å². The lowest BCUT2D eigenvalue weighted by Gasteiger charge is -2.12. The number of ether oxygens (including phenoxy) is 1. The summed E-state index contributed by atoms with van der Waals surface area (Å²) in [6, 6.07) is 15.2. The van der Waals surface area contributed by atoms with Gasteiger partial charge in [-0.1, -0.05) is 12.1 Å². The second-order valence-electron chi connectivity index (χ2n) is 4.65. The van der Waals surface area contributed by atoms with E-state index >= 15 is 0 Å². The van der Waals surface area contributed by atoms with Crippen molar-refractivity contribution in [2.24, 2.45) is 0 Å². The van der Waals surface area contributed by atoms with Crippen molar-refractivity contribution in [1.82, 2.24) is 0 Å². The van der Waals surface area contributed by atoms with Gasteiger partial charge in [-0.15, -0.1) is 0 Å². The van der Waals surface area contributed by atoms with Gasteiger partial charge in [0.2, 0.25) is 0 Å². The first-order valence-corrected chi connectivity index (χ1v) is 6.27. The molecule has 0 aliphatic rings. The third kappa shape index (κ3) is 2.96. The second kappa shape index (κ2) is 5.91. The average Bonchev–Trinajstić information content (AvgIpc) is 2.46. The smallest absolute Gasteiger partial charge is 0.125 e. The highest BCUT2D eigenvalue weighted by Gasteiger charge is 2.07. The molecule has 2 rings (SSSR count). The number of benzene rings is 2. The van der Waals surface area contributed by atoms with Crippen LogP contribution in [0.4, 0.5) is 0 Å². The Morgan fingerprint density at radius 1 is 0.950 bits per heavy atom. The summed E-state index contributed by atoms with van der Waals surface area (Å²) in [5.41, 5.74) is 4.10. The number of nitriles is 2. The number of rotatable bonds is 3. The van der Waals surface area contributed by atoms with Gasteiger partial charge in [0.15, 0.2) is 0 Å². The van der Waals surface area contributed by atoms with Gasteiger partial charge < -0.3 is 4.74 Å². The predicted molar refractivity (Wildman–Crippen MR) is 76.1 cm³/mol. The molecular weight excluding hydrogens is 248 g/mol. The molecular formula is C17H14N2O. The molecule has 0 aliphatic carbocycles. The molecule has 0 aromatic heterocycles. The first-order chi connectivity index (χ1) is 9.63. The summed E-state index contributed by atoms with van der Waals surface area (Å²) in [7, 11) is 0. The van der Waals surface area contributed by atoms with Gasteiger partial charge in [-0.25, -0.2) is 0 Å². The summed E-state index contributed by atoms with van der Waals surface area (Å²) in [5.74, 6) is 0.798. The first-order valence-electron chi connectivity index (χ1n) is 6.27. The van der Waals surface area contributed by atoms with Crippen LogP contribution in [0.3, 0.4) is 0 Å². The maximum atomic E-state index is 8.92. The molecule has 0 saturated heterocycles. The Labute approximate surface area is 118 Å². The van der Waals surface area contributed by atoms with Crippen LogP contribution in [-0.2, 0) is 6.61 Å². The molecule has 0 fully saturated rings. The van der Waals surface area contributed by atoms with Gasteiger partial charge in [0.05, 0.1) is 23.3 Å². The van der Waals surface area contributed by atoms with E-state index in [4.69, 9.17) is 15.3 Å². The summed E-state index contributed by atoms with van der Waals surface area (Å²) in [6.07, 6.45) is 0. The fraction of sp³-hybridized carbons (Fsp3) is 0.176. The Hall–Kier alpha value is -2.78. The van der Waals surface area contributed by atoms with Gasteiger partial charge in [-0.05, 0) is 54.8 Å². The van der Waals surface area contributed by atoms with E-state index in [-0.39, 0.29) is 0 Å². The second-order valence-corrected chi connectivity index (χ2v) is 4.65. The van der Waals surface area contributed by atoms with Crippen LogP contribution >= 0.6 is 0 Å². The largest absolute Gasteiger partial charge is 0.488 e. The summed E-state index contributed by atoms with van der Waals surface area (Å²) >= 11 is 0. The fourth-order valence-corrected chi connectivity index (χ4v) is 2.13. The molecule has 2 aromatic rings. The molecule has 0 saturated carbocycles. The highest BCUT2D eigenvalue weighted by atomic mass is 16.5. The molecule has 0 spiro atoms. The Kier molecular flexibility index (Phi) is 4.03. The molecule has 0 aliphatic heterocycles. The topological polar surface area (TPSA) is 56.8 Å². The van der Waals surface area contributed by atoms with E-state index in [1.807, 2.05) is 44.2 Å². The summed E-state index contributed by atoms with van der Waals surface area (Å²) in [5, 5.41) is 17.8. The lowest BCUT2D eigenvalue weighted by Crippen LogP contribution is -2.00. The molecule has 2 aromatic carbocycles. The van der Waals surface area contributed by atoms with Gasteiger partial charge in [0, 0.05) is 0 Å². The molecule has 20 heavy (non-hydrogen) atoms. The molecule has 3 nitrogen and oxygen atoms in total. The molecule has 98 valence electrons. The van der Waals surface area contributed by atoms with Gasteiger partial charge in [-0.3, -0.25) is 0 Å². The van der Waals surface area contributed by atoms with Crippen LogP contribution in [0.1, 0.15) is 27.8 Å². The van der Waals surface area contributed by atoms with Crippen molar-refractivity contribution in [3.63, 3.8) is 0 Å². The van der Waals surface area contributed by atoms with E-state index in [0.29, 0.717) is 17.7 Å². The normalized spacial score (nSPS) is 9.60. The summed E-state index contributed by atoms with van der Waals surface area (Å²) in [6.45, 7) is 4.26. The van der Waals surface area contributed by atoms with Crippen molar-refractivity contribution in [2.75, 3.05) is 0 Å². The standard InChI is InChI=1S/C17H14N2O/c1-12-6-16(10-19)7-13(2)17(12)20-11-15-5-3-4-14(8-15)9-18/h3-8H,11H2,1-2H3. The van der Waals surface area contributed by atoms with Crippen LogP contribution in [0.5, 0.6) is 5.75 Å². The Bertz CT molecular complexity index is 697. The SMILES string of the molecule is Cc1cc(C#N)cc(C)c1OCc1cccc(C#N)c1. The van der Waals surface area contributed by atoms with Crippen molar-refractivity contribution in [3.8, 4) is 17.9 Å². The monoisotopic (exact) mass is 262 g/mol. The fourth-order valence-electron chi connectivity index (χ4n) is 2.13. The minimum atomic E-state index is 0.406. The third-order valence-corrected chi connectivity index (χ3v) is 3.03. The maximum absolute atomic E-state index is 8.92. The summed E-state index contributed by atoms with van der Waals surface area (Å²) in [4.78, 5) is 0. The molecule has 0 heterocycles. The van der Waals surface area contributed by atoms with Crippen LogP contribution in [0.15, 0.2) is 36.4 Å². The van der Waals surface area contributed by atoms with Gasteiger partial charge >= 0.3 is 0 Å². The molecule has 0 bridgehead atoms. The zero-order valence-corrected chi connectivity index (χ0v) is 11.5. The van der Waals surface area contributed by atoms with Crippen molar-refractivity contribution >= 4 is 0 Å². The minimum Gasteiger partial charge on any atom is -0.488 e. The Balaban J connectivity index is 2.19. The highest BCUT2D eigenvalue weighted by Crippen LogP contribution is 2.25. The molecule has 0 N–H and O–H groups in total. The van der Waals surface area contributed by atoms with Crippen LogP contribution < -0.4 is 4.74 Å². The van der Waals surface area contributed by atoms with E-state index in [1.165, 1.54) is 0 Å². The van der Waals surface area contributed by atoms with Crippen molar-refractivity contribution in [2.45, 2.75) is 20.5 Å². The number of aryl methyl sites for hydroxylation is 2. The van der Waals surface area contributed by atoms with Gasteiger partial charge in [0.25, 0.3) is 0 Å². The molecule has 3 heteroatoms. The molecule has 0 unspecified atom stereocenters. The van der Waals surface area contributed by atoms with Crippen molar-refractivity contribution < 1.29 is 4.74 Å². The Morgan fingerprint density at radius 2 is 1.60 bits per heavy atom. The number of hydrogen-bond donors (Lipinski definition) is 0. The lowest BCUT2D eigenvalue weighted by molar-refractivity contribution is 0.302. The molecule has 0 amide bonds. The van der Waals surface area contributed by atoms with Crippen molar-refractivity contribution in [3.05, 3.63) is 64.2 Å². The highest BCUT2D eigenvalue weighted by molar-refractivity contribution is 5.47. The van der Waals surface area contributed by atoms with Crippen LogP contribution in [0.2, 0.25) is 0 Å². The van der Waals surface area contributed by atoms with E-state index in [1.54, 1.807) is 6.07 Å². The van der Waals surface area contributed by atoms with E-state index in [0.717, 1.165) is 22.4 Å². The average molecular weight is 262 g/mol. The van der Waals surface area contributed by atoms with Crippen LogP contribution in [0, 0.1) is 36.5 Å². The maximum Gasteiger partial charge on any atom is 0.125 e. The first kappa shape index (κ1) is 13.6. The van der Waals surface area contributed by atoms with Gasteiger partial charge in [-0.2, -0.15) is 10.5 Å². The zero-order valence-electron chi connectivity index (χ0n) is 11.5. The lowest BCUT2D eigenvalue weighted by atomic mass is 10.1. The van der Waals surface area contributed by atoms with Gasteiger partial charge in [0.1, 0.15) is 12.4 Å². The zero-order chi connectivity index (χ0) is 14.5. The Morgan fingerprint density at radius 3 is 2.20 bits per heavy atom. The third-order valence-electron chi connectivity index (χ3n) is 3.03. The molecule has 0 radical (unpaired) electrons. The van der Waals surface area contributed by atoms with Crippen molar-refractivity contribution in [1.29, 1.82) is 10.5 Å². The quantitative estimate of drug-likeness (QED) is 0.848. The van der Waals surface area contributed by atoms with Crippen LogP contribution in [0.25, 0.3) is 0 Å². The number of hydrogen-bond acceptors (Lipinski definition) is 3. The minimum absolute atomic E-state index is 0.406. The molecule has 0 atom stereocenters. The van der Waals surface area contributed by atoms with Crippen LogP contribution in [-0.4, -0.2) is 0 Å². The van der Waals surface area contributed by atoms with E-state index < -0.39 is 0 Å². The summed E-state index contributed by atoms with van der Waals surface area (Å²) < 4.78 is 5.83.